The second-order valence-corrected chi connectivity index (χ2v) is 4.06. The van der Waals surface area contributed by atoms with Crippen molar-refractivity contribution in [3.63, 3.8) is 0 Å². The number of halogens is 1. The van der Waals surface area contributed by atoms with E-state index in [0.717, 1.165) is 5.69 Å². The molecule has 0 spiro atoms. The molecule has 0 amide bonds. The van der Waals surface area contributed by atoms with Crippen LogP contribution in [0.15, 0.2) is 24.2 Å². The lowest BCUT2D eigenvalue weighted by atomic mass is 10.3. The summed E-state index contributed by atoms with van der Waals surface area (Å²) < 4.78 is 4.92. The van der Waals surface area contributed by atoms with Crippen LogP contribution in [0, 0.1) is 0 Å². The summed E-state index contributed by atoms with van der Waals surface area (Å²) >= 11 is 5.65. The van der Waals surface area contributed by atoms with Crippen LogP contribution in [0.5, 0.6) is 0 Å². The largest absolute Gasteiger partial charge is 0.463 e. The quantitative estimate of drug-likeness (QED) is 0.819. The molecule has 0 atom stereocenters. The minimum Gasteiger partial charge on any atom is -0.463 e. The van der Waals surface area contributed by atoms with Gasteiger partial charge in [0.25, 0.3) is 0 Å². The molecule has 0 bridgehead atoms. The summed E-state index contributed by atoms with van der Waals surface area (Å²) in [7, 11) is 0. The van der Waals surface area contributed by atoms with E-state index in [1.54, 1.807) is 24.3 Å². The molecular weight excluding hydrogens is 256 g/mol. The molecule has 0 aliphatic carbocycles. The predicted molar refractivity (Wildman–Crippen MR) is 65.3 cm³/mol. The van der Waals surface area contributed by atoms with Crippen molar-refractivity contribution in [2.24, 2.45) is 0 Å². The van der Waals surface area contributed by atoms with Crippen molar-refractivity contribution in [3.05, 3.63) is 35.0 Å². The van der Waals surface area contributed by atoms with Crippen LogP contribution in [-0.2, 0) is 16.1 Å². The average Bonchev–Trinajstić information content (AvgIpc) is 2.81. The molecule has 1 aliphatic rings. The SMILES string of the molecule is CCOC(=O)C1=CN(Cc2cnc(Cl)cn2)NC1. The Kier molecular flexibility index (Phi) is 4.11. The Balaban J connectivity index is 1.96. The summed E-state index contributed by atoms with van der Waals surface area (Å²) in [6.07, 6.45) is 4.80. The van der Waals surface area contributed by atoms with Crippen molar-refractivity contribution in [1.29, 1.82) is 0 Å². The van der Waals surface area contributed by atoms with Crippen molar-refractivity contribution in [3.8, 4) is 0 Å². The summed E-state index contributed by atoms with van der Waals surface area (Å²) in [6.45, 7) is 3.12. The number of rotatable bonds is 4. The van der Waals surface area contributed by atoms with Gasteiger partial charge in [0.15, 0.2) is 0 Å². The number of nitrogens with zero attached hydrogens (tertiary/aromatic N) is 3. The standard InChI is InChI=1S/C11H13ClN4O2/c1-2-18-11(17)8-3-15-16(6-8)7-9-4-14-10(12)5-13-9/h4-6,15H,2-3,7H2,1H3. The lowest BCUT2D eigenvalue weighted by Gasteiger charge is -2.14. The number of hydrogen-bond donors (Lipinski definition) is 1. The van der Waals surface area contributed by atoms with Crippen LogP contribution in [0.1, 0.15) is 12.6 Å². The van der Waals surface area contributed by atoms with Gasteiger partial charge in [-0.2, -0.15) is 0 Å². The number of carbonyl (C=O) groups excluding carboxylic acids is 1. The molecule has 1 aromatic rings. The van der Waals surface area contributed by atoms with Crippen molar-refractivity contribution < 1.29 is 9.53 Å². The summed E-state index contributed by atoms with van der Waals surface area (Å²) in [4.78, 5) is 19.6. The number of hydrogen-bond acceptors (Lipinski definition) is 6. The van der Waals surface area contributed by atoms with Gasteiger partial charge in [0.2, 0.25) is 0 Å². The van der Waals surface area contributed by atoms with Crippen LogP contribution in [0.4, 0.5) is 0 Å². The van der Waals surface area contributed by atoms with Crippen molar-refractivity contribution in [2.75, 3.05) is 13.2 Å². The van der Waals surface area contributed by atoms with Crippen LogP contribution in [0.25, 0.3) is 0 Å². The minimum absolute atomic E-state index is 0.297. The molecule has 0 radical (unpaired) electrons. The highest BCUT2D eigenvalue weighted by molar-refractivity contribution is 6.29. The number of nitrogens with one attached hydrogen (secondary N) is 1. The van der Waals surface area contributed by atoms with Crippen LogP contribution < -0.4 is 5.43 Å². The molecule has 7 heteroatoms. The lowest BCUT2D eigenvalue weighted by Crippen LogP contribution is -2.28. The third kappa shape index (κ3) is 3.18. The zero-order chi connectivity index (χ0) is 13.0. The Labute approximate surface area is 110 Å². The van der Waals surface area contributed by atoms with Gasteiger partial charge in [-0.15, -0.1) is 0 Å². The van der Waals surface area contributed by atoms with E-state index in [2.05, 4.69) is 15.4 Å². The molecule has 2 heterocycles. The van der Waals surface area contributed by atoms with Gasteiger partial charge in [-0.1, -0.05) is 11.6 Å². The molecule has 1 aliphatic heterocycles. The van der Waals surface area contributed by atoms with Gasteiger partial charge in [0, 0.05) is 12.7 Å². The highest BCUT2D eigenvalue weighted by Crippen LogP contribution is 2.10. The highest BCUT2D eigenvalue weighted by atomic mass is 35.5. The summed E-state index contributed by atoms with van der Waals surface area (Å²) in [5.41, 5.74) is 4.40. The first-order chi connectivity index (χ1) is 8.69. The molecule has 18 heavy (non-hydrogen) atoms. The maximum Gasteiger partial charge on any atom is 0.336 e. The fourth-order valence-electron chi connectivity index (χ4n) is 1.51. The van der Waals surface area contributed by atoms with E-state index in [0.29, 0.717) is 30.4 Å². The molecule has 1 N–H and O–H groups in total. The molecule has 0 aromatic carbocycles. The third-order valence-corrected chi connectivity index (χ3v) is 2.52. The fraction of sp³-hybridized carbons (Fsp3) is 0.364. The molecule has 6 nitrogen and oxygen atoms in total. The Morgan fingerprint density at radius 1 is 1.56 bits per heavy atom. The number of aromatic nitrogens is 2. The first-order valence-corrected chi connectivity index (χ1v) is 5.91. The van der Waals surface area contributed by atoms with Gasteiger partial charge in [-0.05, 0) is 6.92 Å². The second-order valence-electron chi connectivity index (χ2n) is 3.67. The van der Waals surface area contributed by atoms with Crippen molar-refractivity contribution in [2.45, 2.75) is 13.5 Å². The normalized spacial score (nSPS) is 14.6. The molecule has 0 saturated carbocycles. The zero-order valence-corrected chi connectivity index (χ0v) is 10.6. The lowest BCUT2D eigenvalue weighted by molar-refractivity contribution is -0.138. The first kappa shape index (κ1) is 12.8. The number of hydrazine groups is 1. The van der Waals surface area contributed by atoms with E-state index in [-0.39, 0.29) is 5.97 Å². The molecule has 2 rings (SSSR count). The van der Waals surface area contributed by atoms with E-state index in [4.69, 9.17) is 16.3 Å². The Morgan fingerprint density at radius 2 is 2.39 bits per heavy atom. The molecule has 0 unspecified atom stereocenters. The monoisotopic (exact) mass is 268 g/mol. The van der Waals surface area contributed by atoms with Crippen LogP contribution >= 0.6 is 11.6 Å². The van der Waals surface area contributed by atoms with Gasteiger partial charge >= 0.3 is 5.97 Å². The summed E-state index contributed by atoms with van der Waals surface area (Å²) in [5.74, 6) is -0.297. The predicted octanol–water partition coefficient (Wildman–Crippen LogP) is 0.897. The number of carbonyl (C=O) groups is 1. The maximum atomic E-state index is 11.5. The number of esters is 1. The number of ether oxygens (including phenoxy) is 1. The Bertz CT molecular complexity index is 461. The van der Waals surface area contributed by atoms with E-state index < -0.39 is 0 Å². The van der Waals surface area contributed by atoms with Crippen LogP contribution in [-0.4, -0.2) is 34.1 Å². The third-order valence-electron chi connectivity index (χ3n) is 2.33. The molecular formula is C11H13ClN4O2. The zero-order valence-electron chi connectivity index (χ0n) is 9.89. The van der Waals surface area contributed by atoms with Crippen molar-refractivity contribution in [1.82, 2.24) is 20.4 Å². The topological polar surface area (TPSA) is 67.3 Å². The highest BCUT2D eigenvalue weighted by Gasteiger charge is 2.19. The van der Waals surface area contributed by atoms with E-state index in [9.17, 15) is 4.79 Å². The summed E-state index contributed by atoms with van der Waals surface area (Å²) in [6, 6.07) is 0. The molecule has 1 aromatic heterocycles. The van der Waals surface area contributed by atoms with Gasteiger partial charge in [0.1, 0.15) is 5.15 Å². The minimum atomic E-state index is -0.297. The van der Waals surface area contributed by atoms with Gasteiger partial charge < -0.3 is 9.75 Å². The first-order valence-electron chi connectivity index (χ1n) is 5.53. The Hall–Kier alpha value is -1.66. The smallest absolute Gasteiger partial charge is 0.336 e. The van der Waals surface area contributed by atoms with E-state index in [1.165, 1.54) is 6.20 Å². The van der Waals surface area contributed by atoms with Gasteiger partial charge in [-0.25, -0.2) is 15.2 Å². The summed E-state index contributed by atoms with van der Waals surface area (Å²) in [5, 5.41) is 2.13. The molecule has 0 fully saturated rings. The van der Waals surface area contributed by atoms with E-state index in [1.807, 2.05) is 0 Å². The van der Waals surface area contributed by atoms with E-state index >= 15 is 0 Å². The molecule has 96 valence electrons. The van der Waals surface area contributed by atoms with Gasteiger partial charge in [-0.3, -0.25) is 4.98 Å². The maximum absolute atomic E-state index is 11.5. The van der Waals surface area contributed by atoms with Crippen LogP contribution in [0.2, 0.25) is 5.15 Å². The average molecular weight is 269 g/mol. The fourth-order valence-corrected chi connectivity index (χ4v) is 1.61. The Morgan fingerprint density at radius 3 is 3.06 bits per heavy atom. The van der Waals surface area contributed by atoms with Gasteiger partial charge in [0.05, 0.1) is 36.8 Å². The second kappa shape index (κ2) is 5.79. The van der Waals surface area contributed by atoms with Crippen molar-refractivity contribution >= 4 is 17.6 Å². The van der Waals surface area contributed by atoms with Crippen LogP contribution in [0.3, 0.4) is 0 Å². The molecule has 0 saturated heterocycles.